The van der Waals surface area contributed by atoms with Gasteiger partial charge in [0.25, 0.3) is 0 Å². The van der Waals surface area contributed by atoms with Gasteiger partial charge in [-0.2, -0.15) is 0 Å². The molecule has 5 heteroatoms. The number of ether oxygens (including phenoxy) is 2. The van der Waals surface area contributed by atoms with Gasteiger partial charge in [0.1, 0.15) is 6.04 Å². The van der Waals surface area contributed by atoms with Gasteiger partial charge in [-0.25, -0.2) is 9.59 Å². The molecule has 0 aliphatic rings. The summed E-state index contributed by atoms with van der Waals surface area (Å²) in [5.41, 5.74) is 0. The van der Waals surface area contributed by atoms with Crippen LogP contribution in [0.2, 0.25) is 0 Å². The number of hydrogen-bond donors (Lipinski definition) is 0. The first-order valence-corrected chi connectivity index (χ1v) is 13.9. The zero-order valence-corrected chi connectivity index (χ0v) is 22.8. The van der Waals surface area contributed by atoms with Gasteiger partial charge in [0.05, 0.1) is 13.2 Å². The van der Waals surface area contributed by atoms with Gasteiger partial charge < -0.3 is 9.47 Å². The second-order valence-electron chi connectivity index (χ2n) is 10.4. The Morgan fingerprint density at radius 1 is 0.667 bits per heavy atom. The minimum Gasteiger partial charge on any atom is -0.464 e. The first kappa shape index (κ1) is 31.7. The predicted octanol–water partition coefficient (Wildman–Crippen LogP) is 8.15. The van der Waals surface area contributed by atoms with Crippen molar-refractivity contribution in [1.82, 2.24) is 4.90 Å². The monoisotopic (exact) mass is 469 g/mol. The summed E-state index contributed by atoms with van der Waals surface area (Å²) in [5.74, 6) is -0.105. The SMILES string of the molecule is CCCCCCCCCCCCCCCCCOC(=O)C(C(C)C)N(C)C(=O)OCC(C)C. The van der Waals surface area contributed by atoms with E-state index >= 15 is 0 Å². The Hall–Kier alpha value is -1.26. The molecule has 1 atom stereocenters. The number of rotatable bonds is 21. The van der Waals surface area contributed by atoms with Crippen LogP contribution in [-0.2, 0) is 14.3 Å². The van der Waals surface area contributed by atoms with Gasteiger partial charge in [-0.3, -0.25) is 4.90 Å². The average molecular weight is 470 g/mol. The first-order chi connectivity index (χ1) is 15.8. The molecule has 0 bridgehead atoms. The second-order valence-corrected chi connectivity index (χ2v) is 10.4. The fourth-order valence-electron chi connectivity index (χ4n) is 4.06. The van der Waals surface area contributed by atoms with Crippen LogP contribution in [0.4, 0.5) is 4.79 Å². The summed E-state index contributed by atoms with van der Waals surface area (Å²) in [6.07, 6.45) is 19.2. The van der Waals surface area contributed by atoms with Crippen molar-refractivity contribution in [3.8, 4) is 0 Å². The molecule has 0 fully saturated rings. The molecule has 33 heavy (non-hydrogen) atoms. The van der Waals surface area contributed by atoms with E-state index in [1.54, 1.807) is 7.05 Å². The first-order valence-electron chi connectivity index (χ1n) is 13.9. The number of likely N-dealkylation sites (N-methyl/N-ethyl adjacent to an activating group) is 1. The van der Waals surface area contributed by atoms with Crippen LogP contribution < -0.4 is 0 Å². The Kier molecular flexibility index (Phi) is 20.5. The summed E-state index contributed by atoms with van der Waals surface area (Å²) in [6.45, 7) is 10.9. The van der Waals surface area contributed by atoms with Gasteiger partial charge in [0.15, 0.2) is 0 Å². The Morgan fingerprint density at radius 2 is 1.09 bits per heavy atom. The van der Waals surface area contributed by atoms with E-state index in [0.717, 1.165) is 12.8 Å². The van der Waals surface area contributed by atoms with Crippen molar-refractivity contribution in [2.24, 2.45) is 11.8 Å². The van der Waals surface area contributed by atoms with Crippen molar-refractivity contribution in [3.63, 3.8) is 0 Å². The molecule has 5 nitrogen and oxygen atoms in total. The molecule has 1 amide bonds. The molecule has 0 aliphatic heterocycles. The fourth-order valence-corrected chi connectivity index (χ4v) is 4.06. The van der Waals surface area contributed by atoms with Crippen LogP contribution >= 0.6 is 0 Å². The highest BCUT2D eigenvalue weighted by atomic mass is 16.6. The lowest BCUT2D eigenvalue weighted by Gasteiger charge is -2.29. The lowest BCUT2D eigenvalue weighted by atomic mass is 10.0. The van der Waals surface area contributed by atoms with Crippen molar-refractivity contribution in [2.45, 2.75) is 137 Å². The van der Waals surface area contributed by atoms with Crippen LogP contribution in [0, 0.1) is 11.8 Å². The van der Waals surface area contributed by atoms with Crippen LogP contribution in [0.25, 0.3) is 0 Å². The molecular weight excluding hydrogens is 414 g/mol. The number of nitrogens with zero attached hydrogens (tertiary/aromatic N) is 1. The second kappa shape index (κ2) is 21.3. The normalized spacial score (nSPS) is 12.2. The largest absolute Gasteiger partial charge is 0.464 e. The minimum absolute atomic E-state index is 0.0323. The summed E-state index contributed by atoms with van der Waals surface area (Å²) in [4.78, 5) is 26.1. The van der Waals surface area contributed by atoms with Crippen LogP contribution in [0.3, 0.4) is 0 Å². The lowest BCUT2D eigenvalue weighted by Crippen LogP contribution is -2.47. The molecule has 0 aliphatic carbocycles. The number of carbonyl (C=O) groups is 2. The van der Waals surface area contributed by atoms with E-state index in [9.17, 15) is 9.59 Å². The van der Waals surface area contributed by atoms with E-state index in [1.165, 1.54) is 88.4 Å². The summed E-state index contributed by atoms with van der Waals surface area (Å²) in [7, 11) is 1.61. The highest BCUT2D eigenvalue weighted by molar-refractivity contribution is 5.81. The van der Waals surface area contributed by atoms with E-state index < -0.39 is 12.1 Å². The summed E-state index contributed by atoms with van der Waals surface area (Å²) < 4.78 is 10.7. The quantitative estimate of drug-likeness (QED) is 0.126. The van der Waals surface area contributed by atoms with Crippen molar-refractivity contribution < 1.29 is 19.1 Å². The molecule has 0 radical (unpaired) electrons. The van der Waals surface area contributed by atoms with Crippen LogP contribution in [0.15, 0.2) is 0 Å². The summed E-state index contributed by atoms with van der Waals surface area (Å²) in [5, 5.41) is 0. The van der Waals surface area contributed by atoms with Gasteiger partial charge in [-0.15, -0.1) is 0 Å². The predicted molar refractivity (Wildman–Crippen MR) is 138 cm³/mol. The Bertz CT molecular complexity index is 479. The molecule has 0 N–H and O–H groups in total. The fraction of sp³-hybridized carbons (Fsp3) is 0.929. The number of unbranched alkanes of at least 4 members (excludes halogenated alkanes) is 14. The molecule has 0 aromatic rings. The summed E-state index contributed by atoms with van der Waals surface area (Å²) >= 11 is 0. The Labute approximate surface area is 205 Å². The van der Waals surface area contributed by atoms with Crippen LogP contribution in [0.1, 0.15) is 131 Å². The average Bonchev–Trinajstić information content (AvgIpc) is 2.76. The maximum atomic E-state index is 12.5. The molecular formula is C28H55NO4. The van der Waals surface area contributed by atoms with E-state index in [0.29, 0.717) is 13.2 Å². The third kappa shape index (κ3) is 17.8. The molecule has 1 unspecified atom stereocenters. The Morgan fingerprint density at radius 3 is 1.48 bits per heavy atom. The van der Waals surface area contributed by atoms with Crippen LogP contribution in [0.5, 0.6) is 0 Å². The number of esters is 1. The maximum absolute atomic E-state index is 12.5. The molecule has 0 aromatic carbocycles. The topological polar surface area (TPSA) is 55.8 Å². The highest BCUT2D eigenvalue weighted by Gasteiger charge is 2.32. The third-order valence-electron chi connectivity index (χ3n) is 6.11. The van der Waals surface area contributed by atoms with E-state index in [2.05, 4.69) is 6.92 Å². The van der Waals surface area contributed by atoms with E-state index in [1.807, 2.05) is 27.7 Å². The van der Waals surface area contributed by atoms with Crippen molar-refractivity contribution in [1.29, 1.82) is 0 Å². The smallest absolute Gasteiger partial charge is 0.410 e. The van der Waals surface area contributed by atoms with E-state index in [4.69, 9.17) is 9.47 Å². The van der Waals surface area contributed by atoms with Gasteiger partial charge >= 0.3 is 12.1 Å². The molecule has 0 rings (SSSR count). The van der Waals surface area contributed by atoms with Crippen molar-refractivity contribution >= 4 is 12.1 Å². The molecule has 196 valence electrons. The van der Waals surface area contributed by atoms with Gasteiger partial charge in [-0.1, -0.05) is 125 Å². The van der Waals surface area contributed by atoms with Gasteiger partial charge in [-0.05, 0) is 18.3 Å². The maximum Gasteiger partial charge on any atom is 0.410 e. The van der Waals surface area contributed by atoms with Gasteiger partial charge in [0.2, 0.25) is 0 Å². The highest BCUT2D eigenvalue weighted by Crippen LogP contribution is 2.15. The summed E-state index contributed by atoms with van der Waals surface area (Å²) in [6, 6.07) is -0.610. The van der Waals surface area contributed by atoms with Gasteiger partial charge in [0, 0.05) is 7.05 Å². The molecule has 0 heterocycles. The third-order valence-corrected chi connectivity index (χ3v) is 6.11. The molecule has 0 spiro atoms. The molecule has 0 saturated heterocycles. The Balaban J connectivity index is 3.75. The van der Waals surface area contributed by atoms with Crippen molar-refractivity contribution in [2.75, 3.05) is 20.3 Å². The van der Waals surface area contributed by atoms with Crippen LogP contribution in [-0.4, -0.2) is 43.3 Å². The zero-order valence-electron chi connectivity index (χ0n) is 22.8. The lowest BCUT2D eigenvalue weighted by molar-refractivity contribution is -0.150. The number of hydrogen-bond acceptors (Lipinski definition) is 4. The van der Waals surface area contributed by atoms with E-state index in [-0.39, 0.29) is 17.8 Å². The molecule has 0 aromatic heterocycles. The number of amides is 1. The molecule has 0 saturated carbocycles. The number of carbonyl (C=O) groups excluding carboxylic acids is 2. The minimum atomic E-state index is -0.610. The zero-order chi connectivity index (χ0) is 24.9. The standard InChI is InChI=1S/C28H55NO4/c1-7-8-9-10-11-12-13-14-15-16-17-18-19-20-21-22-32-27(30)26(25(4)5)29(6)28(31)33-23-24(2)3/h24-26H,7-23H2,1-6H3. The van der Waals surface area contributed by atoms with Crippen molar-refractivity contribution in [3.05, 3.63) is 0 Å².